The molecular formula is C16H20F10O8S. The number of carbonyl (C=O) groups is 2. The number of alkyl halides is 10. The summed E-state index contributed by atoms with van der Waals surface area (Å²) in [4.78, 5) is 23.9. The number of unbranched alkanes of at least 4 members (excludes halogenated alkanes) is 1. The van der Waals surface area contributed by atoms with E-state index >= 15 is 0 Å². The van der Waals surface area contributed by atoms with E-state index in [0.717, 1.165) is 6.92 Å². The first-order valence-electron chi connectivity index (χ1n) is 9.22. The maximum atomic E-state index is 13.7. The lowest BCUT2D eigenvalue weighted by Crippen LogP contribution is -2.60. The predicted octanol–water partition coefficient (Wildman–Crippen LogP) is 4.24. The summed E-state index contributed by atoms with van der Waals surface area (Å²) >= 11 is 0. The summed E-state index contributed by atoms with van der Waals surface area (Å²) in [5, 5.41) is -5.96. The number of carbonyl (C=O) groups excluding carboxylic acids is 2. The summed E-state index contributed by atoms with van der Waals surface area (Å²) in [7, 11) is -6.58. The highest BCUT2D eigenvalue weighted by atomic mass is 32.2. The Morgan fingerprint density at radius 1 is 0.829 bits per heavy atom. The third kappa shape index (κ3) is 7.08. The molecule has 0 aromatic rings. The Morgan fingerprint density at radius 3 is 1.69 bits per heavy atom. The standard InChI is InChI=1S/C16H20F10O8S/c1-4-32-10(28)13(15(22,23)24,34-9(27)11(2,3)14(19,20)21)33-8-6-5-7-12(17,18)16(25,26)35(29,30)31/h4-8H2,1-3H3,(H,29,30,31). The second-order valence-corrected chi connectivity index (χ2v) is 8.81. The van der Waals surface area contributed by atoms with Crippen LogP contribution in [0.3, 0.4) is 0 Å². The van der Waals surface area contributed by atoms with Crippen LogP contribution in [-0.2, 0) is 33.9 Å². The minimum absolute atomic E-state index is 0.124. The third-order valence-corrected chi connectivity index (χ3v) is 5.26. The Morgan fingerprint density at radius 2 is 1.31 bits per heavy atom. The van der Waals surface area contributed by atoms with E-state index < -0.39 is 89.3 Å². The topological polar surface area (TPSA) is 116 Å². The molecule has 8 nitrogen and oxygen atoms in total. The fourth-order valence-corrected chi connectivity index (χ4v) is 2.46. The first-order valence-corrected chi connectivity index (χ1v) is 10.7. The molecule has 0 saturated carbocycles. The maximum absolute atomic E-state index is 13.7. The Hall–Kier alpha value is -1.89. The van der Waals surface area contributed by atoms with Gasteiger partial charge in [0.25, 0.3) is 0 Å². The fraction of sp³-hybridized carbons (Fsp3) is 0.875. The van der Waals surface area contributed by atoms with E-state index in [1.54, 1.807) is 0 Å². The van der Waals surface area contributed by atoms with Gasteiger partial charge in [-0.2, -0.15) is 52.3 Å². The Bertz CT molecular complexity index is 867. The van der Waals surface area contributed by atoms with E-state index in [2.05, 4.69) is 14.2 Å². The van der Waals surface area contributed by atoms with E-state index in [0.29, 0.717) is 0 Å². The highest BCUT2D eigenvalue weighted by Crippen LogP contribution is 2.44. The van der Waals surface area contributed by atoms with E-state index in [-0.39, 0.29) is 13.8 Å². The van der Waals surface area contributed by atoms with Gasteiger partial charge in [-0.1, -0.05) is 0 Å². The molecule has 208 valence electrons. The highest BCUT2D eigenvalue weighted by Gasteiger charge is 2.70. The minimum Gasteiger partial charge on any atom is -0.461 e. The van der Waals surface area contributed by atoms with Crippen LogP contribution < -0.4 is 0 Å². The predicted molar refractivity (Wildman–Crippen MR) is 92.6 cm³/mol. The second-order valence-electron chi connectivity index (χ2n) is 7.35. The normalized spacial score (nSPS) is 15.9. The molecule has 0 rings (SSSR count). The summed E-state index contributed by atoms with van der Waals surface area (Å²) < 4.78 is 174. The van der Waals surface area contributed by atoms with Gasteiger partial charge < -0.3 is 14.2 Å². The Kier molecular flexibility index (Phi) is 10.0. The van der Waals surface area contributed by atoms with Crippen molar-refractivity contribution in [2.24, 2.45) is 5.41 Å². The van der Waals surface area contributed by atoms with Gasteiger partial charge in [-0.15, -0.1) is 0 Å². The molecule has 0 spiro atoms. The van der Waals surface area contributed by atoms with E-state index in [1.165, 1.54) is 0 Å². The summed E-state index contributed by atoms with van der Waals surface area (Å²) in [5.74, 6) is -15.3. The van der Waals surface area contributed by atoms with Crippen molar-refractivity contribution >= 4 is 22.1 Å². The lowest BCUT2D eigenvalue weighted by Gasteiger charge is -2.35. The zero-order valence-electron chi connectivity index (χ0n) is 18.0. The van der Waals surface area contributed by atoms with Gasteiger partial charge in [0.2, 0.25) is 0 Å². The van der Waals surface area contributed by atoms with Crippen molar-refractivity contribution in [3.8, 4) is 0 Å². The van der Waals surface area contributed by atoms with Crippen LogP contribution in [0.4, 0.5) is 43.9 Å². The van der Waals surface area contributed by atoms with Crippen molar-refractivity contribution in [1.29, 1.82) is 0 Å². The van der Waals surface area contributed by atoms with Crippen LogP contribution in [0, 0.1) is 5.41 Å². The van der Waals surface area contributed by atoms with Crippen LogP contribution in [-0.4, -0.2) is 67.4 Å². The van der Waals surface area contributed by atoms with Gasteiger partial charge in [0, 0.05) is 6.42 Å². The maximum Gasteiger partial charge on any atom is 0.468 e. The van der Waals surface area contributed by atoms with Gasteiger partial charge in [-0.05, 0) is 33.6 Å². The zero-order valence-corrected chi connectivity index (χ0v) is 18.8. The van der Waals surface area contributed by atoms with Crippen LogP contribution in [0.25, 0.3) is 0 Å². The van der Waals surface area contributed by atoms with E-state index in [4.69, 9.17) is 4.55 Å². The molecule has 0 bridgehead atoms. The number of halogens is 10. The molecule has 1 N–H and O–H groups in total. The average molecular weight is 562 g/mol. The Balaban J connectivity index is 5.81. The number of hydrogen-bond acceptors (Lipinski definition) is 7. The van der Waals surface area contributed by atoms with E-state index in [1.807, 2.05) is 0 Å². The smallest absolute Gasteiger partial charge is 0.461 e. The number of ether oxygens (including phenoxy) is 3. The van der Waals surface area contributed by atoms with Crippen molar-refractivity contribution in [3.05, 3.63) is 0 Å². The zero-order chi connectivity index (χ0) is 28.3. The molecule has 19 heteroatoms. The summed E-state index contributed by atoms with van der Waals surface area (Å²) in [6.07, 6.45) is -15.8. The molecule has 35 heavy (non-hydrogen) atoms. The van der Waals surface area contributed by atoms with Crippen LogP contribution in [0.2, 0.25) is 0 Å². The first-order chi connectivity index (χ1) is 15.3. The first kappa shape index (κ1) is 33.1. The fourth-order valence-electron chi connectivity index (χ4n) is 1.98. The summed E-state index contributed by atoms with van der Waals surface area (Å²) in [5.41, 5.74) is -3.59. The lowest BCUT2D eigenvalue weighted by atomic mass is 9.93. The van der Waals surface area contributed by atoms with Gasteiger partial charge >= 0.3 is 51.4 Å². The van der Waals surface area contributed by atoms with E-state index in [9.17, 15) is 61.9 Å². The molecule has 0 aliphatic rings. The number of esters is 2. The minimum atomic E-state index is -6.58. The molecule has 0 fully saturated rings. The largest absolute Gasteiger partial charge is 0.468 e. The molecule has 0 radical (unpaired) electrons. The molecular weight excluding hydrogens is 542 g/mol. The van der Waals surface area contributed by atoms with Gasteiger partial charge in [-0.25, -0.2) is 4.79 Å². The van der Waals surface area contributed by atoms with Crippen LogP contribution in [0.15, 0.2) is 0 Å². The van der Waals surface area contributed by atoms with Crippen molar-refractivity contribution in [2.75, 3.05) is 13.2 Å². The van der Waals surface area contributed by atoms with Crippen molar-refractivity contribution in [1.82, 2.24) is 0 Å². The van der Waals surface area contributed by atoms with Crippen LogP contribution in [0.1, 0.15) is 40.0 Å². The molecule has 0 aliphatic heterocycles. The highest BCUT2D eigenvalue weighted by molar-refractivity contribution is 7.87. The molecule has 1 unspecified atom stereocenters. The van der Waals surface area contributed by atoms with Crippen molar-refractivity contribution in [3.63, 3.8) is 0 Å². The average Bonchev–Trinajstić information content (AvgIpc) is 2.63. The third-order valence-electron chi connectivity index (χ3n) is 4.31. The second kappa shape index (κ2) is 10.6. The molecule has 0 saturated heterocycles. The molecule has 0 aromatic heterocycles. The quantitative estimate of drug-likeness (QED) is 0.124. The SMILES string of the molecule is CCOC(=O)C(OCCCCC(F)(F)C(F)(F)S(=O)(=O)O)(OC(=O)C(C)(C)C(F)(F)F)C(F)(F)F. The molecule has 0 aromatic carbocycles. The molecule has 1 atom stereocenters. The molecule has 0 heterocycles. The lowest BCUT2D eigenvalue weighted by molar-refractivity contribution is -0.361. The number of hydrogen-bond donors (Lipinski definition) is 1. The van der Waals surface area contributed by atoms with Crippen molar-refractivity contribution in [2.45, 2.75) is 69.4 Å². The molecule has 0 aliphatic carbocycles. The van der Waals surface area contributed by atoms with Crippen LogP contribution in [0.5, 0.6) is 0 Å². The summed E-state index contributed by atoms with van der Waals surface area (Å²) in [6, 6.07) is 0. The van der Waals surface area contributed by atoms with Gasteiger partial charge in [0.15, 0.2) is 5.41 Å². The summed E-state index contributed by atoms with van der Waals surface area (Å²) in [6.45, 7) is -1.08. The van der Waals surface area contributed by atoms with Crippen molar-refractivity contribution < 1.29 is 80.7 Å². The van der Waals surface area contributed by atoms with Gasteiger partial charge in [-0.3, -0.25) is 9.35 Å². The molecule has 0 amide bonds. The van der Waals surface area contributed by atoms with Gasteiger partial charge in [0.05, 0.1) is 13.2 Å². The van der Waals surface area contributed by atoms with Crippen LogP contribution >= 0.6 is 0 Å². The monoisotopic (exact) mass is 562 g/mol. The Labute approximate surface area is 191 Å². The number of rotatable bonds is 12. The van der Waals surface area contributed by atoms with Gasteiger partial charge in [0.1, 0.15) is 0 Å².